The Hall–Kier alpha value is -3.02. The van der Waals surface area contributed by atoms with Crippen molar-refractivity contribution in [1.29, 1.82) is 0 Å². The lowest BCUT2D eigenvalue weighted by Crippen LogP contribution is -2.33. The van der Waals surface area contributed by atoms with Crippen LogP contribution in [-0.4, -0.2) is 10.7 Å². The summed E-state index contributed by atoms with van der Waals surface area (Å²) in [5.41, 5.74) is 3.22. The van der Waals surface area contributed by atoms with Crippen molar-refractivity contribution in [2.45, 2.75) is 18.7 Å². The highest BCUT2D eigenvalue weighted by Crippen LogP contribution is 2.48. The standard InChI is InChI=1S/C24H17ClN2O2S/c25-16-9-7-15(8-10-16)20-11-12-22(28-20)24-27-19(17-4-1-2-5-21(17)29-24)14-18(26-27)23-6-3-13-30-23/h1-13,19,24H,14H2. The fourth-order valence-electron chi connectivity index (χ4n) is 4.07. The third kappa shape index (κ3) is 2.93. The number of ether oxygens (including phenoxy) is 1. The second-order valence-corrected chi connectivity index (χ2v) is 8.73. The van der Waals surface area contributed by atoms with Crippen LogP contribution >= 0.6 is 22.9 Å². The molecule has 6 rings (SSSR count). The molecule has 2 unspecified atom stereocenters. The van der Waals surface area contributed by atoms with E-state index < -0.39 is 6.23 Å². The van der Waals surface area contributed by atoms with E-state index in [1.807, 2.05) is 53.5 Å². The van der Waals surface area contributed by atoms with E-state index in [0.29, 0.717) is 5.02 Å². The van der Waals surface area contributed by atoms with Crippen molar-refractivity contribution in [3.63, 3.8) is 0 Å². The molecular formula is C24H17ClN2O2S. The summed E-state index contributed by atoms with van der Waals surface area (Å²) in [6.45, 7) is 0. The van der Waals surface area contributed by atoms with Gasteiger partial charge in [-0.25, -0.2) is 5.01 Å². The topological polar surface area (TPSA) is 38.0 Å². The van der Waals surface area contributed by atoms with Crippen LogP contribution in [0.5, 0.6) is 5.75 Å². The first-order chi connectivity index (χ1) is 14.8. The van der Waals surface area contributed by atoms with Gasteiger partial charge in [-0.05, 0) is 53.9 Å². The molecule has 0 amide bonds. The maximum absolute atomic E-state index is 6.37. The van der Waals surface area contributed by atoms with Crippen LogP contribution in [0.3, 0.4) is 0 Å². The normalized spacial score (nSPS) is 19.8. The van der Waals surface area contributed by atoms with Gasteiger partial charge in [0, 0.05) is 22.6 Å². The van der Waals surface area contributed by atoms with Gasteiger partial charge in [0.1, 0.15) is 11.5 Å². The molecule has 0 saturated heterocycles. The monoisotopic (exact) mass is 432 g/mol. The second-order valence-electron chi connectivity index (χ2n) is 7.34. The van der Waals surface area contributed by atoms with Crippen molar-refractivity contribution in [3.05, 3.63) is 99.4 Å². The Labute approximate surface area is 183 Å². The Morgan fingerprint density at radius 2 is 1.83 bits per heavy atom. The number of para-hydroxylation sites is 1. The van der Waals surface area contributed by atoms with E-state index in [9.17, 15) is 0 Å². The van der Waals surface area contributed by atoms with Crippen LogP contribution in [0.1, 0.15) is 34.9 Å². The largest absolute Gasteiger partial charge is 0.461 e. The van der Waals surface area contributed by atoms with Crippen molar-refractivity contribution in [1.82, 2.24) is 5.01 Å². The molecule has 0 spiro atoms. The third-order valence-electron chi connectivity index (χ3n) is 5.50. The molecule has 6 heteroatoms. The number of rotatable bonds is 3. The summed E-state index contributed by atoms with van der Waals surface area (Å²) in [5.74, 6) is 2.40. The molecular weight excluding hydrogens is 416 g/mol. The molecule has 0 radical (unpaired) electrons. The molecule has 4 nitrogen and oxygen atoms in total. The fraction of sp³-hybridized carbons (Fsp3) is 0.125. The highest BCUT2D eigenvalue weighted by molar-refractivity contribution is 7.12. The van der Waals surface area contributed by atoms with Gasteiger partial charge >= 0.3 is 0 Å². The number of halogens is 1. The molecule has 2 aliphatic rings. The minimum Gasteiger partial charge on any atom is -0.461 e. The summed E-state index contributed by atoms with van der Waals surface area (Å²) in [7, 11) is 0. The first-order valence-electron chi connectivity index (χ1n) is 9.77. The van der Waals surface area contributed by atoms with Crippen LogP contribution in [0.2, 0.25) is 5.02 Å². The van der Waals surface area contributed by atoms with Crippen molar-refractivity contribution in [3.8, 4) is 17.1 Å². The minimum atomic E-state index is -0.414. The highest BCUT2D eigenvalue weighted by atomic mass is 35.5. The molecule has 30 heavy (non-hydrogen) atoms. The van der Waals surface area contributed by atoms with E-state index in [1.165, 1.54) is 4.88 Å². The maximum atomic E-state index is 6.37. The number of hydrazone groups is 1. The number of thiophene rings is 1. The van der Waals surface area contributed by atoms with E-state index in [4.69, 9.17) is 25.9 Å². The Morgan fingerprint density at radius 1 is 0.967 bits per heavy atom. The van der Waals surface area contributed by atoms with Crippen LogP contribution in [0, 0.1) is 0 Å². The number of nitrogens with zero attached hydrogens (tertiary/aromatic N) is 2. The average Bonchev–Trinajstić information content (AvgIpc) is 3.54. The van der Waals surface area contributed by atoms with Gasteiger partial charge in [-0.1, -0.05) is 35.9 Å². The van der Waals surface area contributed by atoms with E-state index in [0.717, 1.165) is 40.5 Å². The minimum absolute atomic E-state index is 0.126. The average molecular weight is 433 g/mol. The second kappa shape index (κ2) is 7.04. The molecule has 4 aromatic rings. The molecule has 0 bridgehead atoms. The van der Waals surface area contributed by atoms with Crippen molar-refractivity contribution < 1.29 is 9.15 Å². The zero-order chi connectivity index (χ0) is 20.1. The zero-order valence-electron chi connectivity index (χ0n) is 15.9. The molecule has 2 aliphatic heterocycles. The van der Waals surface area contributed by atoms with E-state index >= 15 is 0 Å². The summed E-state index contributed by atoms with van der Waals surface area (Å²) in [6, 6.07) is 24.1. The highest BCUT2D eigenvalue weighted by Gasteiger charge is 2.42. The molecule has 4 heterocycles. The lowest BCUT2D eigenvalue weighted by atomic mass is 9.98. The number of benzene rings is 2. The molecule has 0 aliphatic carbocycles. The predicted molar refractivity (Wildman–Crippen MR) is 119 cm³/mol. The Bertz CT molecular complexity index is 1230. The maximum Gasteiger partial charge on any atom is 0.246 e. The molecule has 2 aromatic heterocycles. The quantitative estimate of drug-likeness (QED) is 0.353. The first-order valence-corrected chi connectivity index (χ1v) is 11.0. The Kier molecular flexibility index (Phi) is 4.18. The van der Waals surface area contributed by atoms with Gasteiger partial charge in [0.05, 0.1) is 16.6 Å². The van der Waals surface area contributed by atoms with Gasteiger partial charge in [0.25, 0.3) is 0 Å². The smallest absolute Gasteiger partial charge is 0.246 e. The SMILES string of the molecule is Clc1ccc(-c2ccc(C3Oc4ccccc4C4CC(c5cccs5)=NN43)o2)cc1. The third-order valence-corrected chi connectivity index (χ3v) is 6.67. The molecule has 148 valence electrons. The van der Waals surface area contributed by atoms with Crippen LogP contribution < -0.4 is 4.74 Å². The predicted octanol–water partition coefficient (Wildman–Crippen LogP) is 6.90. The summed E-state index contributed by atoms with van der Waals surface area (Å²) < 4.78 is 12.6. The van der Waals surface area contributed by atoms with E-state index in [1.54, 1.807) is 11.3 Å². The fourth-order valence-corrected chi connectivity index (χ4v) is 4.92. The Morgan fingerprint density at radius 3 is 2.67 bits per heavy atom. The van der Waals surface area contributed by atoms with E-state index in [-0.39, 0.29) is 6.04 Å². The number of fused-ring (bicyclic) bond motifs is 3. The number of hydrogen-bond donors (Lipinski definition) is 0. The van der Waals surface area contributed by atoms with Crippen LogP contribution in [0.4, 0.5) is 0 Å². The van der Waals surface area contributed by atoms with Gasteiger partial charge in [0.2, 0.25) is 6.23 Å². The zero-order valence-corrected chi connectivity index (χ0v) is 17.4. The molecule has 0 N–H and O–H groups in total. The number of furan rings is 1. The van der Waals surface area contributed by atoms with Crippen molar-refractivity contribution in [2.24, 2.45) is 5.10 Å². The molecule has 0 fully saturated rings. The summed E-state index contributed by atoms with van der Waals surface area (Å²) in [6.07, 6.45) is 0.436. The van der Waals surface area contributed by atoms with Gasteiger partial charge in [-0.2, -0.15) is 5.10 Å². The summed E-state index contributed by atoms with van der Waals surface area (Å²) >= 11 is 7.73. The summed E-state index contributed by atoms with van der Waals surface area (Å²) in [5, 5.41) is 9.79. The van der Waals surface area contributed by atoms with Gasteiger partial charge in [-0.3, -0.25) is 0 Å². The lowest BCUT2D eigenvalue weighted by Gasteiger charge is -2.36. The van der Waals surface area contributed by atoms with Crippen LogP contribution in [0.15, 0.2) is 87.7 Å². The Balaban J connectivity index is 1.40. The molecule has 0 saturated carbocycles. The van der Waals surface area contributed by atoms with Crippen LogP contribution in [-0.2, 0) is 0 Å². The molecule has 2 aromatic carbocycles. The van der Waals surface area contributed by atoms with Gasteiger partial charge in [-0.15, -0.1) is 11.3 Å². The van der Waals surface area contributed by atoms with Crippen molar-refractivity contribution >= 4 is 28.6 Å². The first kappa shape index (κ1) is 17.8. The van der Waals surface area contributed by atoms with Crippen LogP contribution in [0.25, 0.3) is 11.3 Å². The lowest BCUT2D eigenvalue weighted by molar-refractivity contribution is -0.0321. The van der Waals surface area contributed by atoms with Crippen molar-refractivity contribution in [2.75, 3.05) is 0 Å². The summed E-state index contributed by atoms with van der Waals surface area (Å²) in [4.78, 5) is 1.20. The molecule has 2 atom stereocenters. The van der Waals surface area contributed by atoms with Gasteiger partial charge < -0.3 is 9.15 Å². The number of hydrogen-bond acceptors (Lipinski definition) is 5. The van der Waals surface area contributed by atoms with Gasteiger partial charge in [0.15, 0.2) is 5.76 Å². The van der Waals surface area contributed by atoms with E-state index in [2.05, 4.69) is 29.6 Å².